The van der Waals surface area contributed by atoms with Gasteiger partial charge in [0, 0.05) is 38.5 Å². The zero-order valence-corrected chi connectivity index (χ0v) is 28.2. The first-order valence-corrected chi connectivity index (χ1v) is 13.2. The minimum atomic E-state index is -4.83. The van der Waals surface area contributed by atoms with Gasteiger partial charge in [0.2, 0.25) is 12.0 Å². The molecule has 2 unspecified atom stereocenters. The van der Waals surface area contributed by atoms with Crippen molar-refractivity contribution in [2.45, 2.75) is 24.6 Å². The molecule has 0 saturated heterocycles. The van der Waals surface area contributed by atoms with Crippen LogP contribution in [-0.2, 0) is 0 Å². The predicted octanol–water partition coefficient (Wildman–Crippen LogP) is 7.29. The first-order chi connectivity index (χ1) is 20.5. The molecule has 0 aliphatic rings. The van der Waals surface area contributed by atoms with Crippen molar-refractivity contribution in [1.82, 2.24) is 9.97 Å². The molecule has 2 aromatic carbocycles. The third-order valence-corrected chi connectivity index (χ3v) is 5.79. The molecule has 2 atom stereocenters. The summed E-state index contributed by atoms with van der Waals surface area (Å²) < 4.78 is 123. The zero-order valence-electron chi connectivity index (χ0n) is 24.2. The Hall–Kier alpha value is -1.88. The number of rotatable bonds is 4. The Balaban J connectivity index is 0. The Morgan fingerprint density at radius 1 is 0.795 bits per heavy atom. The molecule has 236 valence electrons. The van der Waals surface area contributed by atoms with Gasteiger partial charge in [-0.05, 0) is 62.2 Å². The molecular weight excluding hydrogens is 774 g/mol. The fourth-order valence-corrected chi connectivity index (χ4v) is 3.36. The maximum atomic E-state index is 13.5. The Kier molecular flexibility index (Phi) is 18.5. The molecule has 17 heteroatoms. The van der Waals surface area contributed by atoms with E-state index in [1.165, 1.54) is 42.6 Å². The maximum absolute atomic E-state index is 13.5. The van der Waals surface area contributed by atoms with Crippen molar-refractivity contribution < 1.29 is 81.7 Å². The van der Waals surface area contributed by atoms with E-state index in [2.05, 4.69) is 41.8 Å². The number of hydrogen-bond acceptors (Lipinski definition) is 4. The van der Waals surface area contributed by atoms with Crippen molar-refractivity contribution in [3.63, 3.8) is 0 Å². The van der Waals surface area contributed by atoms with Crippen LogP contribution < -0.4 is 34.3 Å². The van der Waals surface area contributed by atoms with Crippen LogP contribution in [0.4, 0.5) is 39.5 Å². The number of alkyl halides is 7. The molecule has 0 aliphatic carbocycles. The number of halogens is 12. The number of aliphatic hydroxyl groups is 1. The molecule has 0 spiro atoms. The summed E-state index contributed by atoms with van der Waals surface area (Å²) >= 11 is 11.8. The van der Waals surface area contributed by atoms with E-state index < -0.39 is 54.5 Å². The second-order valence-electron chi connectivity index (χ2n) is 7.64. The fourth-order valence-electron chi connectivity index (χ4n) is 2.78. The quantitative estimate of drug-likeness (QED) is 0.134. The van der Waals surface area contributed by atoms with E-state index in [0.717, 1.165) is 28.7 Å². The van der Waals surface area contributed by atoms with Crippen LogP contribution >= 0.6 is 43.5 Å². The predicted molar refractivity (Wildman–Crippen MR) is 150 cm³/mol. The first kappa shape index (κ1) is 40.1. The summed E-state index contributed by atoms with van der Waals surface area (Å²) in [4.78, 5) is 7.49. The van der Waals surface area contributed by atoms with E-state index in [4.69, 9.17) is 22.8 Å². The van der Waals surface area contributed by atoms with Crippen molar-refractivity contribution in [3.8, 4) is 5.88 Å². The minimum Gasteiger partial charge on any atom is -1.00 e. The smallest absolute Gasteiger partial charge is 1.00 e. The number of aliphatic hydroxyl groups excluding tert-OH is 1. The Bertz CT molecular complexity index is 1390. The molecule has 2 aromatic heterocycles. The Morgan fingerprint density at radius 3 is 1.61 bits per heavy atom. The molecule has 4 aromatic rings. The van der Waals surface area contributed by atoms with Gasteiger partial charge in [-0.15, -0.1) is 0 Å². The average molecular weight is 796 g/mol. The van der Waals surface area contributed by atoms with Crippen LogP contribution in [0.15, 0.2) is 94.1 Å². The van der Waals surface area contributed by atoms with Crippen LogP contribution in [0.3, 0.4) is 0 Å². The summed E-state index contributed by atoms with van der Waals surface area (Å²) in [6.07, 6.45) is -11.8. The van der Waals surface area contributed by atoms with Gasteiger partial charge in [-0.2, -0.15) is 26.3 Å². The van der Waals surface area contributed by atoms with Crippen molar-refractivity contribution in [2.75, 3.05) is 7.15 Å². The number of hydrogen-bond donors (Lipinski definition) is 1. The topological polar surface area (TPSA) is 55.2 Å². The van der Waals surface area contributed by atoms with Crippen LogP contribution in [0.1, 0.15) is 26.1 Å². The second kappa shape index (κ2) is 20.3. The largest absolute Gasteiger partial charge is 1.00 e. The van der Waals surface area contributed by atoms with Gasteiger partial charge < -0.3 is 11.3 Å². The summed E-state index contributed by atoms with van der Waals surface area (Å²) in [6.45, 7) is 0. The normalized spacial score (nSPS) is 12.2. The number of aromatic nitrogens is 2. The van der Waals surface area contributed by atoms with Crippen LogP contribution in [-0.4, -0.2) is 34.6 Å². The molecule has 0 saturated carbocycles. The van der Waals surface area contributed by atoms with Gasteiger partial charge in [-0.3, -0.25) is 4.39 Å². The summed E-state index contributed by atoms with van der Waals surface area (Å²) in [7, 11) is -1.00. The van der Waals surface area contributed by atoms with Gasteiger partial charge in [-0.25, -0.2) is 18.7 Å². The molecule has 0 aliphatic heterocycles. The third kappa shape index (κ3) is 14.9. The minimum absolute atomic E-state index is 0. The van der Waals surface area contributed by atoms with E-state index >= 15 is 0 Å². The molecule has 4 nitrogen and oxygen atoms in total. The van der Waals surface area contributed by atoms with Crippen LogP contribution in [0.25, 0.3) is 0 Å². The van der Waals surface area contributed by atoms with E-state index in [-0.39, 0.29) is 36.9 Å². The van der Waals surface area contributed by atoms with Crippen LogP contribution in [0.2, 0.25) is 5.15 Å². The summed E-state index contributed by atoms with van der Waals surface area (Å²) in [5.41, 5.74) is -1.33. The zero-order chi connectivity index (χ0) is 33.5. The molecule has 0 radical (unpaired) electrons. The third-order valence-electron chi connectivity index (χ3n) is 4.62. The van der Waals surface area contributed by atoms with Crippen molar-refractivity contribution in [2.24, 2.45) is 0 Å². The Morgan fingerprint density at radius 2 is 1.25 bits per heavy atom. The van der Waals surface area contributed by atoms with Gasteiger partial charge in [0.15, 0.2) is 6.10 Å². The summed E-state index contributed by atoms with van der Waals surface area (Å²) in [5, 5.41) is 9.19. The van der Waals surface area contributed by atoms with E-state index in [0.29, 0.717) is 9.63 Å². The molecule has 2 heterocycles. The van der Waals surface area contributed by atoms with Gasteiger partial charge >= 0.3 is 41.9 Å². The van der Waals surface area contributed by atoms with E-state index in [9.17, 15) is 39.5 Å². The second-order valence-corrected chi connectivity index (χ2v) is 9.86. The van der Waals surface area contributed by atoms with Crippen molar-refractivity contribution in [1.29, 1.82) is 0 Å². The van der Waals surface area contributed by atoms with E-state index in [1.807, 2.05) is 6.07 Å². The SMILES string of the molecule is Clc1ccc(Br)cn1.Fc1ccccc1C(Oc1ccc(Br)cn1)C(F)(F)F.OC(c1ccccc1F)C(F)(F)F.[2H]CF.[H-].[Na+]. The summed E-state index contributed by atoms with van der Waals surface area (Å²) in [5.74, 6) is -2.28. The molecule has 4 rings (SSSR count). The standard InChI is InChI=1S/C13H8BrF4NO.C8H6F4O.C5H3BrClN.CH3F.Na.H/c14-8-5-6-11(19-7-8)20-12(13(16,17)18)9-3-1-2-4-10(9)15;9-6-4-2-1-3-5(6)7(13)8(10,11)12;6-4-1-2-5(7)8-3-4;1-2;;/h1-7,12H;1-4,7,13H;1-3H;1H3;;/q;;;;+1;-1/i;;;1D;;. The maximum Gasteiger partial charge on any atom is 1.00 e. The van der Waals surface area contributed by atoms with Gasteiger partial charge in [0.25, 0.3) is 0 Å². The number of benzene rings is 2. The van der Waals surface area contributed by atoms with Crippen molar-refractivity contribution >= 4 is 43.5 Å². The van der Waals surface area contributed by atoms with Crippen molar-refractivity contribution in [3.05, 3.63) is 122 Å². The van der Waals surface area contributed by atoms with Gasteiger partial charge in [-0.1, -0.05) is 48.0 Å². The molecule has 0 amide bonds. The number of nitrogens with zero attached hydrogens (tertiary/aromatic N) is 2. The molecule has 1 N–H and O–H groups in total. The fraction of sp³-hybridized carbons (Fsp3) is 0.185. The summed E-state index contributed by atoms with van der Waals surface area (Å²) in [6, 6.07) is 15.2. The molecular formula is C27H21Br2ClF9N2NaO2. The molecule has 0 fully saturated rings. The molecule has 0 bridgehead atoms. The number of pyridine rings is 2. The Labute approximate surface area is 293 Å². The van der Waals surface area contributed by atoms with E-state index in [1.54, 1.807) is 12.3 Å². The monoisotopic (exact) mass is 793 g/mol. The van der Waals surface area contributed by atoms with Crippen LogP contribution in [0, 0.1) is 11.6 Å². The van der Waals surface area contributed by atoms with Gasteiger partial charge in [0.05, 0.1) is 8.52 Å². The van der Waals surface area contributed by atoms with Gasteiger partial charge in [0.1, 0.15) is 16.8 Å². The first-order valence-electron chi connectivity index (χ1n) is 11.9. The van der Waals surface area contributed by atoms with Crippen LogP contribution in [0.5, 0.6) is 5.88 Å². The molecule has 44 heavy (non-hydrogen) atoms. The number of ether oxygens (including phenoxy) is 1. The average Bonchev–Trinajstić information content (AvgIpc) is 2.95.